The lowest BCUT2D eigenvalue weighted by molar-refractivity contribution is -0.385. The predicted molar refractivity (Wildman–Crippen MR) is 158 cm³/mol. The number of rotatable bonds is 3. The van der Waals surface area contributed by atoms with Crippen molar-refractivity contribution in [1.82, 2.24) is 0 Å². The highest BCUT2D eigenvalue weighted by molar-refractivity contribution is 5.67. The fraction of sp³-hybridized carbons (Fsp3) is 0.0909. The molecule has 0 radical (unpaired) electrons. The number of benzene rings is 4. The van der Waals surface area contributed by atoms with E-state index in [0.717, 1.165) is 16.7 Å². The van der Waals surface area contributed by atoms with Crippen LogP contribution in [0, 0.1) is 86.6 Å². The summed E-state index contributed by atoms with van der Waals surface area (Å²) in [6.45, 7) is 5.69. The lowest BCUT2D eigenvalue weighted by Gasteiger charge is -2.14. The SMILES string of the molecule is Cc1c(C#Cc2ccc([N+](=O)[O-])cc2)c(C)c(C#Cc2ccc([N+](=O)[O-])cc2)c(C)c1C#Cc1ccc([N+](=O)[O-])cc1. The Labute approximate surface area is 241 Å². The molecule has 0 aliphatic heterocycles. The summed E-state index contributed by atoms with van der Waals surface area (Å²) < 4.78 is 0. The molecule has 204 valence electrons. The van der Waals surface area contributed by atoms with Crippen LogP contribution in [0.2, 0.25) is 0 Å². The Hall–Kier alpha value is -6.24. The van der Waals surface area contributed by atoms with Gasteiger partial charge in [-0.3, -0.25) is 30.3 Å². The molecule has 9 nitrogen and oxygen atoms in total. The van der Waals surface area contributed by atoms with Crippen molar-refractivity contribution >= 4 is 17.1 Å². The second kappa shape index (κ2) is 12.3. The zero-order valence-corrected chi connectivity index (χ0v) is 22.7. The first kappa shape index (κ1) is 28.8. The zero-order chi connectivity index (χ0) is 30.4. The molecule has 0 aromatic heterocycles. The molecule has 0 aliphatic rings. The molecule has 42 heavy (non-hydrogen) atoms. The maximum absolute atomic E-state index is 11.0. The summed E-state index contributed by atoms with van der Waals surface area (Å²) in [5, 5.41) is 33.0. The second-order valence-electron chi connectivity index (χ2n) is 9.16. The fourth-order valence-corrected chi connectivity index (χ4v) is 4.18. The molecule has 0 aliphatic carbocycles. The molecule has 0 saturated carbocycles. The van der Waals surface area contributed by atoms with Crippen LogP contribution >= 0.6 is 0 Å². The summed E-state index contributed by atoms with van der Waals surface area (Å²) in [7, 11) is 0. The van der Waals surface area contributed by atoms with Crippen molar-refractivity contribution in [3.05, 3.63) is 153 Å². The normalized spacial score (nSPS) is 9.79. The van der Waals surface area contributed by atoms with Gasteiger partial charge in [0.1, 0.15) is 0 Å². The number of nitro groups is 3. The van der Waals surface area contributed by atoms with Gasteiger partial charge in [0.05, 0.1) is 14.8 Å². The van der Waals surface area contributed by atoms with Gasteiger partial charge in [-0.05, 0) is 73.9 Å². The van der Waals surface area contributed by atoms with Crippen LogP contribution in [0.4, 0.5) is 17.1 Å². The Kier molecular flexibility index (Phi) is 8.42. The smallest absolute Gasteiger partial charge is 0.258 e. The van der Waals surface area contributed by atoms with Crippen LogP contribution in [-0.2, 0) is 0 Å². The van der Waals surface area contributed by atoms with E-state index < -0.39 is 14.8 Å². The van der Waals surface area contributed by atoms with Crippen LogP contribution < -0.4 is 0 Å². The van der Waals surface area contributed by atoms with Gasteiger partial charge in [0.15, 0.2) is 0 Å². The molecule has 0 atom stereocenters. The van der Waals surface area contributed by atoms with E-state index in [2.05, 4.69) is 35.5 Å². The van der Waals surface area contributed by atoms with E-state index in [1.54, 1.807) is 36.4 Å². The Bertz CT molecular complexity index is 1680. The number of non-ortho nitro benzene ring substituents is 3. The van der Waals surface area contributed by atoms with E-state index in [1.807, 2.05) is 20.8 Å². The molecule has 4 aromatic carbocycles. The number of hydrogen-bond donors (Lipinski definition) is 0. The third-order valence-corrected chi connectivity index (χ3v) is 6.48. The number of hydrogen-bond acceptors (Lipinski definition) is 6. The van der Waals surface area contributed by atoms with Crippen LogP contribution in [0.15, 0.2) is 72.8 Å². The average Bonchev–Trinajstić information content (AvgIpc) is 2.97. The highest BCUT2D eigenvalue weighted by Crippen LogP contribution is 2.27. The van der Waals surface area contributed by atoms with Gasteiger partial charge in [-0.1, -0.05) is 35.5 Å². The zero-order valence-electron chi connectivity index (χ0n) is 22.7. The van der Waals surface area contributed by atoms with Crippen LogP contribution in [0.3, 0.4) is 0 Å². The Morgan fingerprint density at radius 1 is 0.405 bits per heavy atom. The molecule has 0 bridgehead atoms. The molecule has 0 fully saturated rings. The van der Waals surface area contributed by atoms with Crippen LogP contribution in [0.25, 0.3) is 0 Å². The quantitative estimate of drug-likeness (QED) is 0.160. The third-order valence-electron chi connectivity index (χ3n) is 6.48. The average molecular weight is 556 g/mol. The van der Waals surface area contributed by atoms with Crippen LogP contribution in [-0.4, -0.2) is 14.8 Å². The van der Waals surface area contributed by atoms with Crippen LogP contribution in [0.5, 0.6) is 0 Å². The van der Waals surface area contributed by atoms with Gasteiger partial charge in [0.25, 0.3) is 17.1 Å². The van der Waals surface area contributed by atoms with Gasteiger partial charge in [0.2, 0.25) is 0 Å². The van der Waals surface area contributed by atoms with E-state index in [4.69, 9.17) is 0 Å². The largest absolute Gasteiger partial charge is 0.269 e. The molecule has 0 unspecified atom stereocenters. The molecule has 0 N–H and O–H groups in total. The lowest BCUT2D eigenvalue weighted by Crippen LogP contribution is -2.02. The number of nitrogens with zero attached hydrogens (tertiary/aromatic N) is 3. The fourth-order valence-electron chi connectivity index (χ4n) is 4.18. The first-order valence-electron chi connectivity index (χ1n) is 12.5. The van der Waals surface area contributed by atoms with Crippen LogP contribution in [0.1, 0.15) is 50.1 Å². The summed E-state index contributed by atoms with van der Waals surface area (Å²) in [6, 6.07) is 17.8. The van der Waals surface area contributed by atoms with E-state index >= 15 is 0 Å². The first-order chi connectivity index (χ1) is 20.0. The van der Waals surface area contributed by atoms with E-state index in [9.17, 15) is 30.3 Å². The van der Waals surface area contributed by atoms with Gasteiger partial charge in [-0.25, -0.2) is 0 Å². The predicted octanol–water partition coefficient (Wildman–Crippen LogP) is 6.54. The van der Waals surface area contributed by atoms with E-state index in [-0.39, 0.29) is 17.1 Å². The molecule has 9 heteroatoms. The van der Waals surface area contributed by atoms with Crippen molar-refractivity contribution in [2.24, 2.45) is 0 Å². The summed E-state index contributed by atoms with van der Waals surface area (Å²) in [5.74, 6) is 18.8. The topological polar surface area (TPSA) is 129 Å². The van der Waals surface area contributed by atoms with E-state index in [1.165, 1.54) is 36.4 Å². The highest BCUT2D eigenvalue weighted by Gasteiger charge is 2.15. The summed E-state index contributed by atoms with van der Waals surface area (Å²) in [6.07, 6.45) is 0. The summed E-state index contributed by atoms with van der Waals surface area (Å²) >= 11 is 0. The van der Waals surface area contributed by atoms with Crippen molar-refractivity contribution in [1.29, 1.82) is 0 Å². The van der Waals surface area contributed by atoms with Crippen molar-refractivity contribution in [2.45, 2.75) is 20.8 Å². The Morgan fingerprint density at radius 3 is 0.810 bits per heavy atom. The van der Waals surface area contributed by atoms with Crippen molar-refractivity contribution in [2.75, 3.05) is 0 Å². The Morgan fingerprint density at radius 2 is 0.619 bits per heavy atom. The van der Waals surface area contributed by atoms with Gasteiger partial charge in [0, 0.05) is 69.8 Å². The summed E-state index contributed by atoms with van der Waals surface area (Å²) in [4.78, 5) is 31.6. The monoisotopic (exact) mass is 555 g/mol. The van der Waals surface area contributed by atoms with Gasteiger partial charge in [-0.15, -0.1) is 0 Å². The summed E-state index contributed by atoms with van der Waals surface area (Å²) in [5.41, 5.74) is 6.22. The highest BCUT2D eigenvalue weighted by atomic mass is 16.6. The van der Waals surface area contributed by atoms with Crippen molar-refractivity contribution < 1.29 is 14.8 Å². The molecule has 0 saturated heterocycles. The maximum atomic E-state index is 11.0. The van der Waals surface area contributed by atoms with Crippen molar-refractivity contribution in [3.63, 3.8) is 0 Å². The van der Waals surface area contributed by atoms with Crippen molar-refractivity contribution in [3.8, 4) is 35.5 Å². The number of nitro benzene ring substituents is 3. The molecule has 4 rings (SSSR count). The van der Waals surface area contributed by atoms with E-state index in [0.29, 0.717) is 33.4 Å². The van der Waals surface area contributed by atoms with Gasteiger partial charge >= 0.3 is 0 Å². The molecule has 0 heterocycles. The minimum absolute atomic E-state index is 0.0316. The van der Waals surface area contributed by atoms with Gasteiger partial charge < -0.3 is 0 Å². The minimum atomic E-state index is -0.475. The molecule has 0 amide bonds. The minimum Gasteiger partial charge on any atom is -0.258 e. The molecule has 4 aromatic rings. The third kappa shape index (κ3) is 6.48. The first-order valence-corrected chi connectivity index (χ1v) is 12.5. The van der Waals surface area contributed by atoms with Gasteiger partial charge in [-0.2, -0.15) is 0 Å². The second-order valence-corrected chi connectivity index (χ2v) is 9.16. The molecule has 0 spiro atoms. The standard InChI is InChI=1S/C33H21N3O6/c1-22-31(19-10-25-4-13-28(14-5-25)34(37)38)23(2)33(21-12-27-8-17-30(18-9-27)36(41)42)24(3)32(22)20-11-26-6-15-29(16-7-26)35(39)40/h4-9,13-18H,1-3H3. The molecular weight excluding hydrogens is 534 g/mol. The maximum Gasteiger partial charge on any atom is 0.269 e. The molecular formula is C33H21N3O6. The Balaban J connectivity index is 1.84. The lowest BCUT2D eigenvalue weighted by atomic mass is 9.88.